The van der Waals surface area contributed by atoms with Crippen LogP contribution in [0.5, 0.6) is 5.75 Å². The number of methoxy groups -OCH3 is 1. The summed E-state index contributed by atoms with van der Waals surface area (Å²) >= 11 is 3.51. The topological polar surface area (TPSA) is 21.3 Å². The number of hydrogen-bond acceptors (Lipinski definition) is 2. The quantitative estimate of drug-likeness (QED) is 0.569. The molecule has 3 heteroatoms. The molecular formula is C17H28BrNO. The Kier molecular flexibility index (Phi) is 8.95. The summed E-state index contributed by atoms with van der Waals surface area (Å²) in [6.45, 7) is 5.52. The van der Waals surface area contributed by atoms with Gasteiger partial charge in [0.05, 0.1) is 7.11 Å². The zero-order valence-corrected chi connectivity index (χ0v) is 14.6. The smallest absolute Gasteiger partial charge is 0.124 e. The Morgan fingerprint density at radius 2 is 1.95 bits per heavy atom. The summed E-state index contributed by atoms with van der Waals surface area (Å²) in [5.74, 6) is 0.975. The molecule has 0 saturated carbocycles. The van der Waals surface area contributed by atoms with Gasteiger partial charge in [-0.2, -0.15) is 0 Å². The molecule has 0 aliphatic rings. The van der Waals surface area contributed by atoms with E-state index in [0.717, 1.165) is 23.2 Å². The molecule has 0 aliphatic carbocycles. The first-order chi connectivity index (χ1) is 9.72. The number of benzene rings is 1. The van der Waals surface area contributed by atoms with Gasteiger partial charge in [0.1, 0.15) is 5.75 Å². The fraction of sp³-hybridized carbons (Fsp3) is 0.647. The van der Waals surface area contributed by atoms with E-state index in [4.69, 9.17) is 4.74 Å². The minimum atomic E-state index is 0.398. The highest BCUT2D eigenvalue weighted by atomic mass is 79.9. The van der Waals surface area contributed by atoms with Crippen molar-refractivity contribution in [3.05, 3.63) is 28.2 Å². The fourth-order valence-corrected chi connectivity index (χ4v) is 2.77. The highest BCUT2D eigenvalue weighted by molar-refractivity contribution is 9.10. The van der Waals surface area contributed by atoms with Crippen molar-refractivity contribution in [2.24, 2.45) is 0 Å². The normalized spacial score (nSPS) is 12.4. The molecule has 1 aromatic rings. The molecule has 0 saturated heterocycles. The molecule has 1 unspecified atom stereocenters. The van der Waals surface area contributed by atoms with E-state index in [2.05, 4.69) is 53.3 Å². The van der Waals surface area contributed by atoms with Crippen molar-refractivity contribution in [1.29, 1.82) is 0 Å². The average Bonchev–Trinajstić information content (AvgIpc) is 2.47. The van der Waals surface area contributed by atoms with Crippen LogP contribution in [0, 0.1) is 0 Å². The van der Waals surface area contributed by atoms with Crippen LogP contribution >= 0.6 is 15.9 Å². The SMILES string of the molecule is CCCCCCC(NCCC)c1ccc(Br)cc1OC. The molecule has 0 bridgehead atoms. The number of unbranched alkanes of at least 4 members (excludes halogenated alkanes) is 3. The maximum Gasteiger partial charge on any atom is 0.124 e. The Labute approximate surface area is 132 Å². The van der Waals surface area contributed by atoms with Gasteiger partial charge in [-0.25, -0.2) is 0 Å². The molecule has 1 N–H and O–H groups in total. The zero-order chi connectivity index (χ0) is 14.8. The lowest BCUT2D eigenvalue weighted by atomic mass is 9.99. The van der Waals surface area contributed by atoms with Gasteiger partial charge in [-0.05, 0) is 31.5 Å². The van der Waals surface area contributed by atoms with E-state index in [-0.39, 0.29) is 0 Å². The lowest BCUT2D eigenvalue weighted by Crippen LogP contribution is -2.22. The van der Waals surface area contributed by atoms with Gasteiger partial charge in [0, 0.05) is 16.1 Å². The molecule has 0 spiro atoms. The molecule has 114 valence electrons. The fourth-order valence-electron chi connectivity index (χ4n) is 2.43. The maximum absolute atomic E-state index is 5.54. The molecule has 1 atom stereocenters. The number of rotatable bonds is 10. The average molecular weight is 342 g/mol. The number of nitrogens with one attached hydrogen (secondary N) is 1. The van der Waals surface area contributed by atoms with E-state index in [0.29, 0.717) is 6.04 Å². The molecule has 0 aromatic heterocycles. The van der Waals surface area contributed by atoms with E-state index in [9.17, 15) is 0 Å². The van der Waals surface area contributed by atoms with E-state index in [1.807, 2.05) is 0 Å². The number of ether oxygens (including phenoxy) is 1. The highest BCUT2D eigenvalue weighted by Crippen LogP contribution is 2.31. The van der Waals surface area contributed by atoms with Crippen molar-refractivity contribution >= 4 is 15.9 Å². The van der Waals surface area contributed by atoms with Crippen LogP contribution in [-0.2, 0) is 0 Å². The third-order valence-electron chi connectivity index (χ3n) is 3.56. The molecule has 0 radical (unpaired) electrons. The second-order valence-electron chi connectivity index (χ2n) is 5.24. The Balaban J connectivity index is 2.75. The Hall–Kier alpha value is -0.540. The van der Waals surface area contributed by atoms with Crippen LogP contribution in [-0.4, -0.2) is 13.7 Å². The summed E-state index contributed by atoms with van der Waals surface area (Å²) in [6, 6.07) is 6.73. The summed E-state index contributed by atoms with van der Waals surface area (Å²) in [7, 11) is 1.75. The van der Waals surface area contributed by atoms with Crippen molar-refractivity contribution in [1.82, 2.24) is 5.32 Å². The minimum absolute atomic E-state index is 0.398. The lowest BCUT2D eigenvalue weighted by Gasteiger charge is -2.21. The van der Waals surface area contributed by atoms with E-state index < -0.39 is 0 Å². The number of halogens is 1. The minimum Gasteiger partial charge on any atom is -0.496 e. The van der Waals surface area contributed by atoms with E-state index in [1.54, 1.807) is 7.11 Å². The standard InChI is InChI=1S/C17H28BrNO/c1-4-6-7-8-9-16(19-12-5-2)15-11-10-14(18)13-17(15)20-3/h10-11,13,16,19H,4-9,12H2,1-3H3. The van der Waals surface area contributed by atoms with Crippen LogP contribution in [0.4, 0.5) is 0 Å². The van der Waals surface area contributed by atoms with Crippen LogP contribution in [0.3, 0.4) is 0 Å². The van der Waals surface area contributed by atoms with Crippen LogP contribution < -0.4 is 10.1 Å². The van der Waals surface area contributed by atoms with Gasteiger partial charge >= 0.3 is 0 Å². The van der Waals surface area contributed by atoms with Crippen LogP contribution in [0.25, 0.3) is 0 Å². The second kappa shape index (κ2) is 10.2. The summed E-state index contributed by atoms with van der Waals surface area (Å²) in [6.07, 6.45) is 7.54. The van der Waals surface area contributed by atoms with E-state index in [1.165, 1.54) is 37.7 Å². The third kappa shape index (κ3) is 5.84. The van der Waals surface area contributed by atoms with E-state index >= 15 is 0 Å². The highest BCUT2D eigenvalue weighted by Gasteiger charge is 2.15. The van der Waals surface area contributed by atoms with Gasteiger partial charge in [-0.15, -0.1) is 0 Å². The molecular weight excluding hydrogens is 314 g/mol. The van der Waals surface area contributed by atoms with Gasteiger partial charge < -0.3 is 10.1 Å². The van der Waals surface area contributed by atoms with Gasteiger partial charge in [0.15, 0.2) is 0 Å². The molecule has 1 rings (SSSR count). The predicted octanol–water partition coefficient (Wildman–Crippen LogP) is 5.47. The molecule has 0 amide bonds. The second-order valence-corrected chi connectivity index (χ2v) is 6.16. The molecule has 1 aromatic carbocycles. The zero-order valence-electron chi connectivity index (χ0n) is 13.0. The largest absolute Gasteiger partial charge is 0.496 e. The van der Waals surface area contributed by atoms with Gasteiger partial charge in [-0.1, -0.05) is 61.5 Å². The van der Waals surface area contributed by atoms with Crippen molar-refractivity contribution in [3.63, 3.8) is 0 Å². The van der Waals surface area contributed by atoms with Crippen molar-refractivity contribution < 1.29 is 4.74 Å². The van der Waals surface area contributed by atoms with Gasteiger partial charge in [0.25, 0.3) is 0 Å². The Morgan fingerprint density at radius 1 is 1.15 bits per heavy atom. The van der Waals surface area contributed by atoms with Gasteiger partial charge in [0.2, 0.25) is 0 Å². The monoisotopic (exact) mass is 341 g/mol. The molecule has 0 fully saturated rings. The summed E-state index contributed by atoms with van der Waals surface area (Å²) < 4.78 is 6.61. The molecule has 0 heterocycles. The van der Waals surface area contributed by atoms with Crippen LogP contribution in [0.2, 0.25) is 0 Å². The summed E-state index contributed by atoms with van der Waals surface area (Å²) in [4.78, 5) is 0. The maximum atomic E-state index is 5.54. The van der Waals surface area contributed by atoms with Gasteiger partial charge in [-0.3, -0.25) is 0 Å². The van der Waals surface area contributed by atoms with Crippen LogP contribution in [0.15, 0.2) is 22.7 Å². The van der Waals surface area contributed by atoms with Crippen molar-refractivity contribution in [2.45, 2.75) is 58.4 Å². The molecule has 20 heavy (non-hydrogen) atoms. The first-order valence-electron chi connectivity index (χ1n) is 7.79. The molecule has 0 aliphatic heterocycles. The lowest BCUT2D eigenvalue weighted by molar-refractivity contribution is 0.391. The molecule has 2 nitrogen and oxygen atoms in total. The third-order valence-corrected chi connectivity index (χ3v) is 4.05. The first-order valence-corrected chi connectivity index (χ1v) is 8.59. The van der Waals surface area contributed by atoms with Crippen LogP contribution in [0.1, 0.15) is 64.0 Å². The first kappa shape index (κ1) is 17.5. The summed E-state index contributed by atoms with van der Waals surface area (Å²) in [5, 5.41) is 3.66. The Bertz CT molecular complexity index is 381. The summed E-state index contributed by atoms with van der Waals surface area (Å²) in [5.41, 5.74) is 1.28. The van der Waals surface area contributed by atoms with Crippen molar-refractivity contribution in [3.8, 4) is 5.75 Å². The predicted molar refractivity (Wildman–Crippen MR) is 90.5 cm³/mol. The Morgan fingerprint density at radius 3 is 2.60 bits per heavy atom. The number of hydrogen-bond donors (Lipinski definition) is 1. The van der Waals surface area contributed by atoms with Crippen molar-refractivity contribution in [2.75, 3.05) is 13.7 Å².